The van der Waals surface area contributed by atoms with Gasteiger partial charge in [0, 0.05) is 24.9 Å². The number of aromatic nitrogens is 3. The Balaban J connectivity index is 2.12. The first-order chi connectivity index (χ1) is 10.1. The summed E-state index contributed by atoms with van der Waals surface area (Å²) in [5.41, 5.74) is 0.586. The van der Waals surface area contributed by atoms with Gasteiger partial charge in [-0.15, -0.1) is 0 Å². The largest absolute Gasteiger partial charge is 0.493 e. The molecule has 8 heteroatoms. The van der Waals surface area contributed by atoms with E-state index in [9.17, 15) is 10.1 Å². The maximum absolute atomic E-state index is 11.0. The minimum Gasteiger partial charge on any atom is -0.493 e. The molecule has 2 rings (SSSR count). The number of benzene rings is 1. The smallest absolute Gasteiger partial charge is 0.275 e. The van der Waals surface area contributed by atoms with Crippen molar-refractivity contribution in [2.75, 3.05) is 11.9 Å². The quantitative estimate of drug-likeness (QED) is 0.620. The zero-order chi connectivity index (χ0) is 15.2. The number of non-ortho nitro benzene ring substituents is 1. The molecule has 1 N–H and O–H groups in total. The van der Waals surface area contributed by atoms with Crippen LogP contribution in [0.15, 0.2) is 24.5 Å². The molecule has 0 fully saturated rings. The number of nitrogens with one attached hydrogen (secondary N) is 1. The molecule has 2 aromatic rings. The number of hydrogen-bond acceptors (Lipinski definition) is 6. The van der Waals surface area contributed by atoms with E-state index in [0.717, 1.165) is 6.42 Å². The van der Waals surface area contributed by atoms with Crippen LogP contribution in [0, 0.1) is 10.1 Å². The van der Waals surface area contributed by atoms with E-state index < -0.39 is 4.92 Å². The summed E-state index contributed by atoms with van der Waals surface area (Å²) in [6.07, 6.45) is 2.43. The standard InChI is InChI=1S/C13H17N5O3/c1-3-4-21-12-6-10(5-11(7-12)18(19)20)14-8-13-15-9-17(2)16-13/h5-7,9,14H,3-4,8H2,1-2H3. The van der Waals surface area contributed by atoms with Gasteiger partial charge in [-0.3, -0.25) is 14.8 Å². The number of nitro groups is 1. The number of hydrogen-bond donors (Lipinski definition) is 1. The molecule has 0 radical (unpaired) electrons. The summed E-state index contributed by atoms with van der Waals surface area (Å²) in [5.74, 6) is 1.09. The van der Waals surface area contributed by atoms with Crippen molar-refractivity contribution in [3.8, 4) is 5.75 Å². The third-order valence-corrected chi connectivity index (χ3v) is 2.67. The van der Waals surface area contributed by atoms with Crippen molar-refractivity contribution >= 4 is 11.4 Å². The highest BCUT2D eigenvalue weighted by Crippen LogP contribution is 2.26. The lowest BCUT2D eigenvalue weighted by Crippen LogP contribution is -2.04. The molecule has 21 heavy (non-hydrogen) atoms. The molecule has 0 aliphatic heterocycles. The van der Waals surface area contributed by atoms with Crippen LogP contribution in [0.2, 0.25) is 0 Å². The van der Waals surface area contributed by atoms with Gasteiger partial charge < -0.3 is 10.1 Å². The van der Waals surface area contributed by atoms with Crippen LogP contribution in [0.3, 0.4) is 0 Å². The van der Waals surface area contributed by atoms with E-state index >= 15 is 0 Å². The number of ether oxygens (including phenoxy) is 1. The van der Waals surface area contributed by atoms with Crippen LogP contribution in [-0.4, -0.2) is 26.3 Å². The number of nitro benzene ring substituents is 1. The number of rotatable bonds is 7. The molecule has 1 aromatic carbocycles. The van der Waals surface area contributed by atoms with Crippen LogP contribution >= 0.6 is 0 Å². The predicted molar refractivity (Wildman–Crippen MR) is 77.2 cm³/mol. The molecule has 8 nitrogen and oxygen atoms in total. The third kappa shape index (κ3) is 4.16. The van der Waals surface area contributed by atoms with E-state index in [2.05, 4.69) is 15.4 Å². The lowest BCUT2D eigenvalue weighted by atomic mass is 10.2. The maximum Gasteiger partial charge on any atom is 0.275 e. The summed E-state index contributed by atoms with van der Waals surface area (Å²) in [6, 6.07) is 4.60. The highest BCUT2D eigenvalue weighted by molar-refractivity contribution is 5.56. The van der Waals surface area contributed by atoms with Gasteiger partial charge in [-0.2, -0.15) is 5.10 Å². The average molecular weight is 291 g/mol. The van der Waals surface area contributed by atoms with Crippen LogP contribution in [0.1, 0.15) is 19.2 Å². The second-order valence-electron chi connectivity index (χ2n) is 4.51. The van der Waals surface area contributed by atoms with E-state index in [-0.39, 0.29) is 5.69 Å². The van der Waals surface area contributed by atoms with Gasteiger partial charge in [0.1, 0.15) is 12.1 Å². The Morgan fingerprint density at radius 2 is 2.24 bits per heavy atom. The van der Waals surface area contributed by atoms with E-state index in [1.54, 1.807) is 24.1 Å². The van der Waals surface area contributed by atoms with Gasteiger partial charge in [-0.1, -0.05) is 6.92 Å². The van der Waals surface area contributed by atoms with Crippen molar-refractivity contribution in [1.82, 2.24) is 14.8 Å². The number of nitrogens with zero attached hydrogens (tertiary/aromatic N) is 4. The summed E-state index contributed by atoms with van der Waals surface area (Å²) in [5, 5.41) is 18.1. The lowest BCUT2D eigenvalue weighted by Gasteiger charge is -2.08. The first-order valence-corrected chi connectivity index (χ1v) is 6.59. The van der Waals surface area contributed by atoms with Crippen molar-refractivity contribution < 1.29 is 9.66 Å². The van der Waals surface area contributed by atoms with Crippen molar-refractivity contribution in [2.45, 2.75) is 19.9 Å². The SMILES string of the molecule is CCCOc1cc(NCc2ncn(C)n2)cc([N+](=O)[O-])c1. The first-order valence-electron chi connectivity index (χ1n) is 6.59. The predicted octanol–water partition coefficient (Wildman–Crippen LogP) is 2.12. The highest BCUT2D eigenvalue weighted by atomic mass is 16.6. The van der Waals surface area contributed by atoms with Gasteiger partial charge in [0.2, 0.25) is 0 Å². The molecule has 0 bridgehead atoms. The summed E-state index contributed by atoms with van der Waals surface area (Å²) < 4.78 is 7.06. The van der Waals surface area contributed by atoms with Crippen LogP contribution in [0.5, 0.6) is 5.75 Å². The molecule has 0 spiro atoms. The minimum absolute atomic E-state index is 0.0138. The topological polar surface area (TPSA) is 95.1 Å². The van der Waals surface area contributed by atoms with Crippen molar-refractivity contribution in [3.63, 3.8) is 0 Å². The lowest BCUT2D eigenvalue weighted by molar-refractivity contribution is -0.384. The zero-order valence-corrected chi connectivity index (χ0v) is 11.9. The van der Waals surface area contributed by atoms with Crippen molar-refractivity contribution in [2.24, 2.45) is 7.05 Å². The third-order valence-electron chi connectivity index (χ3n) is 2.67. The Morgan fingerprint density at radius 1 is 1.43 bits per heavy atom. The van der Waals surface area contributed by atoms with Gasteiger partial charge in [0.25, 0.3) is 5.69 Å². The normalized spacial score (nSPS) is 10.4. The summed E-state index contributed by atoms with van der Waals surface area (Å²) >= 11 is 0. The molecule has 0 atom stereocenters. The second-order valence-corrected chi connectivity index (χ2v) is 4.51. The van der Waals surface area contributed by atoms with Gasteiger partial charge in [0.15, 0.2) is 5.82 Å². The minimum atomic E-state index is -0.441. The fourth-order valence-corrected chi connectivity index (χ4v) is 1.74. The Morgan fingerprint density at radius 3 is 2.86 bits per heavy atom. The molecule has 112 valence electrons. The van der Waals surface area contributed by atoms with E-state index in [1.807, 2.05) is 6.92 Å². The summed E-state index contributed by atoms with van der Waals surface area (Å²) in [6.45, 7) is 2.88. The molecule has 0 amide bonds. The zero-order valence-electron chi connectivity index (χ0n) is 11.9. The highest BCUT2D eigenvalue weighted by Gasteiger charge is 2.11. The van der Waals surface area contributed by atoms with E-state index in [1.165, 1.54) is 12.1 Å². The fourth-order valence-electron chi connectivity index (χ4n) is 1.74. The monoisotopic (exact) mass is 291 g/mol. The Labute approximate surface area is 121 Å². The molecular formula is C13H17N5O3. The Kier molecular flexibility index (Phi) is 4.70. The molecule has 0 aliphatic carbocycles. The van der Waals surface area contributed by atoms with Crippen LogP contribution < -0.4 is 10.1 Å². The van der Waals surface area contributed by atoms with Gasteiger partial charge in [-0.25, -0.2) is 4.98 Å². The van der Waals surface area contributed by atoms with Crippen LogP contribution in [-0.2, 0) is 13.6 Å². The first kappa shape index (κ1) is 14.8. The number of aryl methyl sites for hydroxylation is 1. The number of anilines is 1. The summed E-state index contributed by atoms with van der Waals surface area (Å²) in [4.78, 5) is 14.6. The van der Waals surface area contributed by atoms with Gasteiger partial charge in [-0.05, 0) is 6.42 Å². The van der Waals surface area contributed by atoms with Gasteiger partial charge >= 0.3 is 0 Å². The molecule has 0 unspecified atom stereocenters. The molecule has 0 saturated carbocycles. The average Bonchev–Trinajstić information content (AvgIpc) is 2.88. The Bertz CT molecular complexity index is 626. The second kappa shape index (κ2) is 6.69. The van der Waals surface area contributed by atoms with E-state index in [0.29, 0.717) is 30.4 Å². The van der Waals surface area contributed by atoms with E-state index in [4.69, 9.17) is 4.74 Å². The molecule has 0 aliphatic rings. The van der Waals surface area contributed by atoms with Crippen LogP contribution in [0.25, 0.3) is 0 Å². The molecule has 1 heterocycles. The van der Waals surface area contributed by atoms with Gasteiger partial charge in [0.05, 0.1) is 24.1 Å². The van der Waals surface area contributed by atoms with Crippen molar-refractivity contribution in [1.29, 1.82) is 0 Å². The summed E-state index contributed by atoms with van der Waals surface area (Å²) in [7, 11) is 1.78. The molecule has 1 aromatic heterocycles. The van der Waals surface area contributed by atoms with Crippen LogP contribution in [0.4, 0.5) is 11.4 Å². The Hall–Kier alpha value is -2.64. The molecular weight excluding hydrogens is 274 g/mol. The molecule has 0 saturated heterocycles. The van der Waals surface area contributed by atoms with Crippen molar-refractivity contribution in [3.05, 3.63) is 40.5 Å². The fraction of sp³-hybridized carbons (Fsp3) is 0.385. The maximum atomic E-state index is 11.0.